The van der Waals surface area contributed by atoms with E-state index in [9.17, 15) is 0 Å². The van der Waals surface area contributed by atoms with Crippen LogP contribution in [-0.2, 0) is 24.3 Å². The molecule has 0 unspecified atom stereocenters. The summed E-state index contributed by atoms with van der Waals surface area (Å²) in [4.78, 5) is 23.8. The van der Waals surface area contributed by atoms with Crippen LogP contribution in [0.4, 0.5) is 0 Å². The van der Waals surface area contributed by atoms with Gasteiger partial charge in [-0.25, -0.2) is 9.97 Å². The summed E-state index contributed by atoms with van der Waals surface area (Å²) in [6, 6.07) is 12.5. The van der Waals surface area contributed by atoms with Crippen molar-refractivity contribution in [3.63, 3.8) is 0 Å². The predicted molar refractivity (Wildman–Crippen MR) is 97.0 cm³/mol. The van der Waals surface area contributed by atoms with Crippen LogP contribution in [-0.4, -0.2) is 38.5 Å². The standard InChI is InChI=1S/C18H20N4.CH2O2/c1-3-18-20-10-8-16(21-18)13-22(2)12-14-6-7-17-15(11-14)5-4-9-19-17;2-1-3/h4-11H,3,12-13H2,1-2H3;1H,(H,2,3). The molecule has 0 fully saturated rings. The van der Waals surface area contributed by atoms with Crippen molar-refractivity contribution in [1.29, 1.82) is 0 Å². The third-order valence-corrected chi connectivity index (χ3v) is 3.63. The van der Waals surface area contributed by atoms with Crippen LogP contribution in [0, 0.1) is 0 Å². The highest BCUT2D eigenvalue weighted by atomic mass is 16.3. The first-order chi connectivity index (χ1) is 12.2. The number of nitrogens with zero attached hydrogens (tertiary/aromatic N) is 4. The lowest BCUT2D eigenvalue weighted by Gasteiger charge is -2.16. The molecule has 1 aromatic carbocycles. The Morgan fingerprint density at radius 2 is 1.92 bits per heavy atom. The van der Waals surface area contributed by atoms with E-state index in [0.717, 1.165) is 36.5 Å². The monoisotopic (exact) mass is 338 g/mol. The molecule has 0 spiro atoms. The second-order valence-corrected chi connectivity index (χ2v) is 5.63. The minimum atomic E-state index is -0.250. The van der Waals surface area contributed by atoms with Gasteiger partial charge in [-0.1, -0.05) is 19.1 Å². The molecule has 0 bridgehead atoms. The van der Waals surface area contributed by atoms with Gasteiger partial charge in [-0.15, -0.1) is 0 Å². The van der Waals surface area contributed by atoms with E-state index in [0.29, 0.717) is 0 Å². The Morgan fingerprint density at radius 1 is 1.12 bits per heavy atom. The van der Waals surface area contributed by atoms with E-state index in [-0.39, 0.29) is 6.47 Å². The Hall–Kier alpha value is -2.86. The first kappa shape index (κ1) is 18.5. The van der Waals surface area contributed by atoms with Gasteiger partial charge in [0, 0.05) is 37.3 Å². The van der Waals surface area contributed by atoms with Gasteiger partial charge in [-0.3, -0.25) is 14.7 Å². The van der Waals surface area contributed by atoms with E-state index >= 15 is 0 Å². The highest BCUT2D eigenvalue weighted by molar-refractivity contribution is 5.78. The Kier molecular flexibility index (Phi) is 6.98. The molecular weight excluding hydrogens is 316 g/mol. The van der Waals surface area contributed by atoms with E-state index in [1.54, 1.807) is 0 Å². The van der Waals surface area contributed by atoms with Crippen LogP contribution in [0.3, 0.4) is 0 Å². The van der Waals surface area contributed by atoms with Gasteiger partial charge in [0.15, 0.2) is 0 Å². The quantitative estimate of drug-likeness (QED) is 0.721. The maximum atomic E-state index is 8.36. The lowest BCUT2D eigenvalue weighted by atomic mass is 10.1. The van der Waals surface area contributed by atoms with Crippen molar-refractivity contribution >= 4 is 17.4 Å². The fraction of sp³-hybridized carbons (Fsp3) is 0.263. The largest absolute Gasteiger partial charge is 0.483 e. The third-order valence-electron chi connectivity index (χ3n) is 3.63. The minimum Gasteiger partial charge on any atom is -0.483 e. The predicted octanol–water partition coefficient (Wildman–Crippen LogP) is 2.92. The average molecular weight is 338 g/mol. The summed E-state index contributed by atoms with van der Waals surface area (Å²) in [5.74, 6) is 0.905. The lowest BCUT2D eigenvalue weighted by molar-refractivity contribution is -0.122. The molecule has 2 heterocycles. The van der Waals surface area contributed by atoms with Gasteiger partial charge in [0.1, 0.15) is 5.82 Å². The molecule has 3 aromatic rings. The fourth-order valence-electron chi connectivity index (χ4n) is 2.57. The molecule has 25 heavy (non-hydrogen) atoms. The normalized spacial score (nSPS) is 10.4. The first-order valence-corrected chi connectivity index (χ1v) is 8.07. The van der Waals surface area contributed by atoms with E-state index in [4.69, 9.17) is 9.90 Å². The summed E-state index contributed by atoms with van der Waals surface area (Å²) in [7, 11) is 2.11. The van der Waals surface area contributed by atoms with Crippen molar-refractivity contribution in [1.82, 2.24) is 19.9 Å². The van der Waals surface area contributed by atoms with E-state index in [1.165, 1.54) is 10.9 Å². The van der Waals surface area contributed by atoms with E-state index < -0.39 is 0 Å². The number of hydrogen-bond acceptors (Lipinski definition) is 5. The SMILES string of the molecule is CCc1nccc(CN(C)Cc2ccc3ncccc3c2)n1.O=CO. The molecule has 0 radical (unpaired) electrons. The van der Waals surface area contributed by atoms with Crippen LogP contribution in [0.5, 0.6) is 0 Å². The van der Waals surface area contributed by atoms with Crippen molar-refractivity contribution < 1.29 is 9.90 Å². The van der Waals surface area contributed by atoms with Gasteiger partial charge in [0.05, 0.1) is 11.2 Å². The smallest absolute Gasteiger partial charge is 0.290 e. The summed E-state index contributed by atoms with van der Waals surface area (Å²) in [5.41, 5.74) is 3.39. The number of pyridine rings is 1. The molecule has 1 N–H and O–H groups in total. The highest BCUT2D eigenvalue weighted by Crippen LogP contribution is 2.15. The van der Waals surface area contributed by atoms with Crippen molar-refractivity contribution in [2.24, 2.45) is 0 Å². The molecule has 0 atom stereocenters. The summed E-state index contributed by atoms with van der Waals surface area (Å²) < 4.78 is 0. The number of hydrogen-bond donors (Lipinski definition) is 1. The second-order valence-electron chi connectivity index (χ2n) is 5.63. The molecule has 2 aromatic heterocycles. The van der Waals surface area contributed by atoms with Gasteiger partial charge in [-0.05, 0) is 36.9 Å². The van der Waals surface area contributed by atoms with Crippen molar-refractivity contribution in [2.45, 2.75) is 26.4 Å². The van der Waals surface area contributed by atoms with Crippen molar-refractivity contribution in [3.05, 3.63) is 65.9 Å². The summed E-state index contributed by atoms with van der Waals surface area (Å²) >= 11 is 0. The zero-order valence-corrected chi connectivity index (χ0v) is 14.5. The van der Waals surface area contributed by atoms with Crippen LogP contribution >= 0.6 is 0 Å². The van der Waals surface area contributed by atoms with Gasteiger partial charge >= 0.3 is 0 Å². The molecule has 3 rings (SSSR count). The average Bonchev–Trinajstić information content (AvgIpc) is 2.62. The molecular formula is C19H22N4O2. The zero-order chi connectivity index (χ0) is 18.1. The van der Waals surface area contributed by atoms with Crippen LogP contribution in [0.25, 0.3) is 10.9 Å². The molecule has 0 aliphatic rings. The summed E-state index contributed by atoms with van der Waals surface area (Å²) in [5, 5.41) is 8.07. The zero-order valence-electron chi connectivity index (χ0n) is 14.5. The van der Waals surface area contributed by atoms with Crippen LogP contribution in [0.1, 0.15) is 24.0 Å². The molecule has 0 aliphatic heterocycles. The van der Waals surface area contributed by atoms with Crippen LogP contribution in [0.15, 0.2) is 48.8 Å². The topological polar surface area (TPSA) is 79.2 Å². The molecule has 0 amide bonds. The number of carbonyl (C=O) groups is 1. The van der Waals surface area contributed by atoms with Gasteiger partial charge in [0.2, 0.25) is 0 Å². The van der Waals surface area contributed by atoms with Gasteiger partial charge < -0.3 is 5.11 Å². The van der Waals surface area contributed by atoms with Gasteiger partial charge in [0.25, 0.3) is 6.47 Å². The first-order valence-electron chi connectivity index (χ1n) is 8.07. The number of rotatable bonds is 5. The van der Waals surface area contributed by atoms with Crippen LogP contribution in [0.2, 0.25) is 0 Å². The highest BCUT2D eigenvalue weighted by Gasteiger charge is 2.05. The number of carboxylic acid groups (broad SMARTS) is 1. The fourth-order valence-corrected chi connectivity index (χ4v) is 2.57. The number of fused-ring (bicyclic) bond motifs is 1. The maximum absolute atomic E-state index is 8.36. The molecule has 0 saturated heterocycles. The summed E-state index contributed by atoms with van der Waals surface area (Å²) in [6.07, 6.45) is 4.54. The number of aromatic nitrogens is 3. The summed E-state index contributed by atoms with van der Waals surface area (Å²) in [6.45, 7) is 3.53. The second kappa shape index (κ2) is 9.44. The van der Waals surface area contributed by atoms with Gasteiger partial charge in [-0.2, -0.15) is 0 Å². The van der Waals surface area contributed by atoms with Crippen molar-refractivity contribution in [2.75, 3.05) is 7.05 Å². The minimum absolute atomic E-state index is 0.250. The maximum Gasteiger partial charge on any atom is 0.290 e. The molecule has 0 saturated carbocycles. The molecule has 130 valence electrons. The molecule has 0 aliphatic carbocycles. The number of benzene rings is 1. The Bertz CT molecular complexity index is 823. The Morgan fingerprint density at radius 3 is 2.68 bits per heavy atom. The third kappa shape index (κ3) is 5.61. The Labute approximate surface area is 147 Å². The van der Waals surface area contributed by atoms with Crippen LogP contribution < -0.4 is 0 Å². The molecule has 6 heteroatoms. The Balaban J connectivity index is 0.000000701. The molecule has 6 nitrogen and oxygen atoms in total. The van der Waals surface area contributed by atoms with Crippen molar-refractivity contribution in [3.8, 4) is 0 Å². The van der Waals surface area contributed by atoms with E-state index in [1.807, 2.05) is 24.5 Å². The lowest BCUT2D eigenvalue weighted by Crippen LogP contribution is -2.18. The number of aryl methyl sites for hydroxylation is 1. The van der Waals surface area contributed by atoms with E-state index in [2.05, 4.69) is 58.1 Å².